The first-order valence-electron chi connectivity index (χ1n) is 12.2. The second-order valence-electron chi connectivity index (χ2n) is 9.83. The summed E-state index contributed by atoms with van der Waals surface area (Å²) >= 11 is 12.7. The largest absolute Gasteiger partial charge is 0.379 e. The van der Waals surface area contributed by atoms with Crippen molar-refractivity contribution in [3.63, 3.8) is 0 Å². The summed E-state index contributed by atoms with van der Waals surface area (Å²) in [5.41, 5.74) is 2.14. The number of ether oxygens (including phenoxy) is 1. The molecular formula is C26H32Cl2N4O2. The molecule has 0 spiro atoms. The van der Waals surface area contributed by atoms with Crippen LogP contribution in [0.3, 0.4) is 0 Å². The number of hydrogen-bond donors (Lipinski definition) is 0. The van der Waals surface area contributed by atoms with Gasteiger partial charge in [-0.2, -0.15) is 0 Å². The number of benzene rings is 1. The standard InChI is InChI=1S/C26H32Cl2N4O2/c27-23-2-1-21(15-24(23)28)26(7-10-30-17-22(18-30)31-11-13-34-14-12-31)6-3-25(33)32(19-26)16-20-4-8-29-9-5-20/h1-2,4-5,8-9,15,22H,3,6-7,10-14,16-19H2. The summed E-state index contributed by atoms with van der Waals surface area (Å²) < 4.78 is 5.50. The van der Waals surface area contributed by atoms with Gasteiger partial charge in [0.2, 0.25) is 5.91 Å². The molecule has 2 aromatic rings. The Hall–Kier alpha value is -1.70. The summed E-state index contributed by atoms with van der Waals surface area (Å²) in [7, 11) is 0. The van der Waals surface area contributed by atoms with Gasteiger partial charge in [0.25, 0.3) is 0 Å². The first-order chi connectivity index (χ1) is 16.5. The molecule has 0 aliphatic carbocycles. The highest BCUT2D eigenvalue weighted by atomic mass is 35.5. The fraction of sp³-hybridized carbons (Fsp3) is 0.538. The van der Waals surface area contributed by atoms with Crippen LogP contribution >= 0.6 is 23.2 Å². The fourth-order valence-corrected chi connectivity index (χ4v) is 5.87. The van der Waals surface area contributed by atoms with E-state index in [1.807, 2.05) is 29.2 Å². The molecule has 1 amide bonds. The van der Waals surface area contributed by atoms with E-state index in [1.165, 1.54) is 5.56 Å². The molecule has 0 saturated carbocycles. The van der Waals surface area contributed by atoms with Gasteiger partial charge in [-0.1, -0.05) is 29.3 Å². The third kappa shape index (κ3) is 5.26. The molecular weight excluding hydrogens is 471 g/mol. The van der Waals surface area contributed by atoms with Gasteiger partial charge >= 0.3 is 0 Å². The number of carbonyl (C=O) groups is 1. The van der Waals surface area contributed by atoms with Crippen LogP contribution in [0.5, 0.6) is 0 Å². The smallest absolute Gasteiger partial charge is 0.222 e. The Kier molecular flexibility index (Phi) is 7.42. The summed E-state index contributed by atoms with van der Waals surface area (Å²) in [6, 6.07) is 10.6. The van der Waals surface area contributed by atoms with Gasteiger partial charge in [-0.3, -0.25) is 14.7 Å². The lowest BCUT2D eigenvalue weighted by Crippen LogP contribution is -2.62. The lowest BCUT2D eigenvalue weighted by Gasteiger charge is -2.49. The summed E-state index contributed by atoms with van der Waals surface area (Å²) in [6.45, 7) is 8.29. The number of nitrogens with zero attached hydrogens (tertiary/aromatic N) is 4. The Morgan fingerprint density at radius 3 is 2.56 bits per heavy atom. The number of likely N-dealkylation sites (tertiary alicyclic amines) is 2. The van der Waals surface area contributed by atoms with Crippen molar-refractivity contribution in [3.05, 3.63) is 63.9 Å². The Morgan fingerprint density at radius 1 is 1.06 bits per heavy atom. The Morgan fingerprint density at radius 2 is 1.82 bits per heavy atom. The van der Waals surface area contributed by atoms with Gasteiger partial charge in [0.15, 0.2) is 0 Å². The lowest BCUT2D eigenvalue weighted by atomic mass is 9.71. The van der Waals surface area contributed by atoms with Crippen molar-refractivity contribution in [1.29, 1.82) is 0 Å². The molecule has 3 aliphatic rings. The molecule has 0 bridgehead atoms. The van der Waals surface area contributed by atoms with Crippen LogP contribution in [-0.2, 0) is 21.5 Å². The van der Waals surface area contributed by atoms with E-state index in [0.717, 1.165) is 64.3 Å². The number of pyridine rings is 1. The van der Waals surface area contributed by atoms with Crippen molar-refractivity contribution >= 4 is 29.1 Å². The minimum Gasteiger partial charge on any atom is -0.379 e. The van der Waals surface area contributed by atoms with Crippen molar-refractivity contribution in [2.24, 2.45) is 0 Å². The molecule has 0 radical (unpaired) electrons. The predicted octanol–water partition coefficient (Wildman–Crippen LogP) is 3.86. The summed E-state index contributed by atoms with van der Waals surface area (Å²) in [6.07, 6.45) is 5.93. The van der Waals surface area contributed by atoms with E-state index in [-0.39, 0.29) is 11.3 Å². The van der Waals surface area contributed by atoms with E-state index in [4.69, 9.17) is 27.9 Å². The molecule has 1 atom stereocenters. The van der Waals surface area contributed by atoms with E-state index < -0.39 is 0 Å². The zero-order valence-electron chi connectivity index (χ0n) is 19.5. The Labute approximate surface area is 211 Å². The molecule has 3 fully saturated rings. The number of carbonyl (C=O) groups excluding carboxylic acids is 1. The van der Waals surface area contributed by atoms with Crippen molar-refractivity contribution < 1.29 is 9.53 Å². The van der Waals surface area contributed by atoms with E-state index in [1.54, 1.807) is 12.4 Å². The van der Waals surface area contributed by atoms with E-state index in [2.05, 4.69) is 20.9 Å². The van der Waals surface area contributed by atoms with Crippen molar-refractivity contribution in [1.82, 2.24) is 19.7 Å². The number of halogens is 2. The molecule has 3 saturated heterocycles. The molecule has 4 heterocycles. The zero-order chi connectivity index (χ0) is 23.5. The van der Waals surface area contributed by atoms with Crippen LogP contribution in [0.1, 0.15) is 30.4 Å². The lowest BCUT2D eigenvalue weighted by molar-refractivity contribution is -0.136. The third-order valence-corrected chi connectivity index (χ3v) is 8.46. The van der Waals surface area contributed by atoms with Crippen LogP contribution in [0.25, 0.3) is 0 Å². The highest BCUT2D eigenvalue weighted by molar-refractivity contribution is 6.42. The van der Waals surface area contributed by atoms with Crippen LogP contribution in [0.4, 0.5) is 0 Å². The topological polar surface area (TPSA) is 48.9 Å². The van der Waals surface area contributed by atoms with Gasteiger partial charge in [0.05, 0.1) is 23.3 Å². The minimum absolute atomic E-state index is 0.140. The number of rotatable bonds is 7. The van der Waals surface area contributed by atoms with Gasteiger partial charge in [0, 0.05) is 69.5 Å². The molecule has 0 N–H and O–H groups in total. The molecule has 6 nitrogen and oxygen atoms in total. The summed E-state index contributed by atoms with van der Waals surface area (Å²) in [5, 5.41) is 1.14. The molecule has 3 aliphatic heterocycles. The van der Waals surface area contributed by atoms with E-state index in [0.29, 0.717) is 35.6 Å². The van der Waals surface area contributed by atoms with Crippen molar-refractivity contribution in [2.75, 3.05) is 52.5 Å². The van der Waals surface area contributed by atoms with Gasteiger partial charge in [-0.15, -0.1) is 0 Å². The number of hydrogen-bond acceptors (Lipinski definition) is 5. The number of morpholine rings is 1. The number of aromatic nitrogens is 1. The van der Waals surface area contributed by atoms with Crippen LogP contribution in [0, 0.1) is 0 Å². The maximum Gasteiger partial charge on any atom is 0.222 e. The SMILES string of the molecule is O=C1CCC(CCN2CC(N3CCOCC3)C2)(c2ccc(Cl)c(Cl)c2)CN1Cc1ccncc1. The van der Waals surface area contributed by atoms with Crippen LogP contribution in [-0.4, -0.2) is 84.1 Å². The molecule has 1 aromatic carbocycles. The maximum atomic E-state index is 12.9. The van der Waals surface area contributed by atoms with Crippen LogP contribution < -0.4 is 0 Å². The first-order valence-corrected chi connectivity index (χ1v) is 12.9. The molecule has 182 valence electrons. The fourth-order valence-electron chi connectivity index (χ4n) is 5.57. The molecule has 8 heteroatoms. The quantitative estimate of drug-likeness (QED) is 0.575. The van der Waals surface area contributed by atoms with Gasteiger partial charge in [-0.05, 0) is 54.8 Å². The van der Waals surface area contributed by atoms with Crippen LogP contribution in [0.15, 0.2) is 42.7 Å². The van der Waals surface area contributed by atoms with Gasteiger partial charge < -0.3 is 14.5 Å². The second-order valence-corrected chi connectivity index (χ2v) is 10.6. The van der Waals surface area contributed by atoms with Crippen molar-refractivity contribution in [3.8, 4) is 0 Å². The Balaban J connectivity index is 1.31. The van der Waals surface area contributed by atoms with E-state index in [9.17, 15) is 4.79 Å². The normalized spacial score (nSPS) is 24.9. The third-order valence-electron chi connectivity index (χ3n) is 7.72. The average Bonchev–Trinajstić information content (AvgIpc) is 2.83. The van der Waals surface area contributed by atoms with Crippen LogP contribution in [0.2, 0.25) is 10.0 Å². The van der Waals surface area contributed by atoms with Crippen molar-refractivity contribution in [2.45, 2.75) is 37.3 Å². The molecule has 1 aromatic heterocycles. The second kappa shape index (κ2) is 10.5. The minimum atomic E-state index is -0.140. The highest BCUT2D eigenvalue weighted by Gasteiger charge is 2.42. The first kappa shape index (κ1) is 24.0. The molecule has 1 unspecified atom stereocenters. The summed E-state index contributed by atoms with van der Waals surface area (Å²) in [5.74, 6) is 0.212. The maximum absolute atomic E-state index is 12.9. The summed E-state index contributed by atoms with van der Waals surface area (Å²) in [4.78, 5) is 24.1. The van der Waals surface area contributed by atoms with Gasteiger partial charge in [-0.25, -0.2) is 0 Å². The monoisotopic (exact) mass is 502 g/mol. The predicted molar refractivity (Wildman–Crippen MR) is 134 cm³/mol. The molecule has 5 rings (SSSR count). The van der Waals surface area contributed by atoms with Gasteiger partial charge in [0.1, 0.15) is 0 Å². The zero-order valence-corrected chi connectivity index (χ0v) is 21.0. The molecule has 34 heavy (non-hydrogen) atoms. The van der Waals surface area contributed by atoms with E-state index >= 15 is 0 Å². The highest BCUT2D eigenvalue weighted by Crippen LogP contribution is 2.41. The number of amides is 1. The number of piperidine rings is 1. The Bertz CT molecular complexity index is 996. The average molecular weight is 503 g/mol.